The van der Waals surface area contributed by atoms with Gasteiger partial charge in [0.1, 0.15) is 5.75 Å². The highest BCUT2D eigenvalue weighted by molar-refractivity contribution is 6.44. The molecule has 1 unspecified atom stereocenters. The number of aliphatic imine (C=N–C) groups is 2. The molecule has 31 heavy (non-hydrogen) atoms. The summed E-state index contributed by atoms with van der Waals surface area (Å²) in [5, 5.41) is 2.79. The largest absolute Gasteiger partial charge is 0.438 e. The van der Waals surface area contributed by atoms with Crippen LogP contribution in [-0.4, -0.2) is 42.2 Å². The van der Waals surface area contributed by atoms with Gasteiger partial charge >= 0.3 is 11.9 Å². The minimum atomic E-state index is -0.768. The first kappa shape index (κ1) is 21.9. The Hall–Kier alpha value is -3.81. The van der Waals surface area contributed by atoms with E-state index in [0.29, 0.717) is 23.7 Å². The van der Waals surface area contributed by atoms with Crippen molar-refractivity contribution in [1.29, 1.82) is 0 Å². The summed E-state index contributed by atoms with van der Waals surface area (Å²) in [5.74, 6) is -0.455. The number of carbonyl (C=O) groups is 3. The molecule has 0 spiro atoms. The van der Waals surface area contributed by atoms with E-state index in [1.165, 1.54) is 13.8 Å². The number of hydrogen-bond donors (Lipinski definition) is 1. The monoisotopic (exact) mass is 421 g/mol. The van der Waals surface area contributed by atoms with Crippen LogP contribution in [0.3, 0.4) is 0 Å². The lowest BCUT2D eigenvalue weighted by Gasteiger charge is -2.21. The highest BCUT2D eigenvalue weighted by Gasteiger charge is 2.22. The number of ether oxygens (including phenoxy) is 2. The van der Waals surface area contributed by atoms with Crippen molar-refractivity contribution in [2.45, 2.75) is 32.9 Å². The predicted molar refractivity (Wildman–Crippen MR) is 115 cm³/mol. The van der Waals surface area contributed by atoms with Gasteiger partial charge in [-0.15, -0.1) is 0 Å². The molecule has 0 radical (unpaired) electrons. The Bertz CT molecular complexity index is 1010. The van der Waals surface area contributed by atoms with Gasteiger partial charge in [0, 0.05) is 20.3 Å². The molecule has 160 valence electrons. The Morgan fingerprint density at radius 3 is 2.32 bits per heavy atom. The first-order valence-corrected chi connectivity index (χ1v) is 9.79. The lowest BCUT2D eigenvalue weighted by molar-refractivity contribution is -0.145. The minimum Gasteiger partial charge on any atom is -0.438 e. The molecule has 1 atom stereocenters. The summed E-state index contributed by atoms with van der Waals surface area (Å²) in [7, 11) is 0. The van der Waals surface area contributed by atoms with Crippen molar-refractivity contribution < 1.29 is 23.9 Å². The normalized spacial score (nSPS) is 15.4. The Morgan fingerprint density at radius 1 is 0.968 bits per heavy atom. The molecule has 0 saturated heterocycles. The quantitative estimate of drug-likeness (QED) is 0.569. The summed E-state index contributed by atoms with van der Waals surface area (Å²) in [6.45, 7) is 2.83. The fraction of sp³-hybridized carbons (Fsp3) is 0.261. The number of nitrogens with one attached hydrogen (secondary N) is 1. The maximum Gasteiger partial charge on any atom is 0.308 e. The first-order valence-electron chi connectivity index (χ1n) is 9.79. The van der Waals surface area contributed by atoms with Crippen molar-refractivity contribution >= 4 is 29.4 Å². The van der Waals surface area contributed by atoms with Crippen LogP contribution in [0.25, 0.3) is 0 Å². The molecule has 3 rings (SSSR count). The van der Waals surface area contributed by atoms with Crippen LogP contribution in [-0.2, 0) is 32.0 Å². The van der Waals surface area contributed by atoms with Crippen LogP contribution in [0.15, 0.2) is 64.6 Å². The molecule has 0 bridgehead atoms. The maximum atomic E-state index is 12.6. The minimum absolute atomic E-state index is 0.0935. The van der Waals surface area contributed by atoms with Crippen molar-refractivity contribution in [3.8, 4) is 5.75 Å². The lowest BCUT2D eigenvalue weighted by Crippen LogP contribution is -2.42. The molecule has 1 aliphatic rings. The van der Waals surface area contributed by atoms with Gasteiger partial charge in [0.15, 0.2) is 5.84 Å². The fourth-order valence-corrected chi connectivity index (χ4v) is 3.01. The van der Waals surface area contributed by atoms with Crippen molar-refractivity contribution in [2.24, 2.45) is 9.98 Å². The second kappa shape index (κ2) is 10.3. The van der Waals surface area contributed by atoms with Crippen LogP contribution in [0.4, 0.5) is 0 Å². The summed E-state index contributed by atoms with van der Waals surface area (Å²) in [6.07, 6.45) is -0.185. The third kappa shape index (κ3) is 6.88. The van der Waals surface area contributed by atoms with Crippen LogP contribution in [0.2, 0.25) is 0 Å². The van der Waals surface area contributed by atoms with Crippen LogP contribution in [0.1, 0.15) is 25.0 Å². The van der Waals surface area contributed by atoms with E-state index in [1.807, 2.05) is 30.3 Å². The Labute approximate surface area is 180 Å². The molecule has 8 heteroatoms. The number of esters is 2. The number of benzene rings is 2. The molecule has 0 aliphatic carbocycles. The highest BCUT2D eigenvalue weighted by atomic mass is 16.6. The van der Waals surface area contributed by atoms with E-state index >= 15 is 0 Å². The number of hydrogen-bond acceptors (Lipinski definition) is 7. The molecule has 2 aromatic carbocycles. The van der Waals surface area contributed by atoms with Crippen molar-refractivity contribution in [2.75, 3.05) is 6.54 Å². The van der Waals surface area contributed by atoms with Gasteiger partial charge in [0.2, 0.25) is 12.1 Å². The van der Waals surface area contributed by atoms with Crippen LogP contribution >= 0.6 is 0 Å². The average molecular weight is 421 g/mol. The second-order valence-electron chi connectivity index (χ2n) is 6.95. The molecule has 1 N–H and O–H groups in total. The third-order valence-electron chi connectivity index (χ3n) is 4.31. The molecular weight excluding hydrogens is 398 g/mol. The molecule has 1 heterocycles. The second-order valence-corrected chi connectivity index (χ2v) is 6.95. The van der Waals surface area contributed by atoms with E-state index in [0.717, 1.165) is 11.1 Å². The molecule has 1 amide bonds. The summed E-state index contributed by atoms with van der Waals surface area (Å²) >= 11 is 0. The summed E-state index contributed by atoms with van der Waals surface area (Å²) in [6, 6.07) is 16.4. The van der Waals surface area contributed by atoms with Crippen LogP contribution in [0, 0.1) is 0 Å². The molecule has 0 fully saturated rings. The fourth-order valence-electron chi connectivity index (χ4n) is 3.01. The summed E-state index contributed by atoms with van der Waals surface area (Å²) < 4.78 is 10.1. The van der Waals surface area contributed by atoms with Crippen molar-refractivity contribution in [1.82, 2.24) is 5.32 Å². The van der Waals surface area contributed by atoms with E-state index in [9.17, 15) is 14.4 Å². The topological polar surface area (TPSA) is 106 Å². The van der Waals surface area contributed by atoms with Gasteiger partial charge in [-0.1, -0.05) is 42.5 Å². The van der Waals surface area contributed by atoms with E-state index < -0.39 is 18.2 Å². The Kier molecular flexibility index (Phi) is 7.26. The van der Waals surface area contributed by atoms with E-state index in [1.54, 1.807) is 24.3 Å². The maximum absolute atomic E-state index is 12.6. The van der Waals surface area contributed by atoms with Gasteiger partial charge in [-0.05, 0) is 23.3 Å². The third-order valence-corrected chi connectivity index (χ3v) is 4.31. The number of amidine groups is 1. The van der Waals surface area contributed by atoms with Crippen molar-refractivity contribution in [3.63, 3.8) is 0 Å². The SMILES string of the molecule is CC(=O)Oc1ccc(CC(=O)NC2=NC(OC(C)=O)CN=C2Cc2ccccc2)cc1. The number of carbonyl (C=O) groups excluding carboxylic acids is 3. The smallest absolute Gasteiger partial charge is 0.308 e. The van der Waals surface area contributed by atoms with E-state index in [-0.39, 0.29) is 18.9 Å². The van der Waals surface area contributed by atoms with Gasteiger partial charge in [0.05, 0.1) is 18.7 Å². The highest BCUT2D eigenvalue weighted by Crippen LogP contribution is 2.13. The van der Waals surface area contributed by atoms with Crippen molar-refractivity contribution in [3.05, 3.63) is 65.7 Å². The zero-order chi connectivity index (χ0) is 22.2. The number of rotatable bonds is 6. The average Bonchev–Trinajstić information content (AvgIpc) is 2.71. The molecule has 2 aromatic rings. The van der Waals surface area contributed by atoms with Crippen LogP contribution in [0.5, 0.6) is 5.75 Å². The first-order chi connectivity index (χ1) is 14.9. The molecule has 8 nitrogen and oxygen atoms in total. The van der Waals surface area contributed by atoms with Gasteiger partial charge in [-0.25, -0.2) is 4.99 Å². The number of amides is 1. The van der Waals surface area contributed by atoms with Gasteiger partial charge < -0.3 is 14.8 Å². The molecular formula is C23H23N3O5. The van der Waals surface area contributed by atoms with E-state index in [2.05, 4.69) is 15.3 Å². The predicted octanol–water partition coefficient (Wildman–Crippen LogP) is 2.26. The lowest BCUT2D eigenvalue weighted by atomic mass is 10.1. The molecule has 1 aliphatic heterocycles. The number of nitrogens with zero attached hydrogens (tertiary/aromatic N) is 2. The molecule has 0 aromatic heterocycles. The van der Waals surface area contributed by atoms with Gasteiger partial charge in [-0.3, -0.25) is 19.4 Å². The zero-order valence-corrected chi connectivity index (χ0v) is 17.3. The van der Waals surface area contributed by atoms with Gasteiger partial charge in [-0.2, -0.15) is 0 Å². The van der Waals surface area contributed by atoms with Crippen LogP contribution < -0.4 is 10.1 Å². The summed E-state index contributed by atoms with van der Waals surface area (Å²) in [4.78, 5) is 43.8. The Morgan fingerprint density at radius 2 is 1.68 bits per heavy atom. The molecule has 0 saturated carbocycles. The standard InChI is InChI=1S/C23H23N3O5/c1-15(27)30-19-10-8-18(9-11-19)13-21(29)25-23-20(12-17-6-4-3-5-7-17)24-14-22(26-23)31-16(2)28/h3-11,22H,12-14H2,1-2H3,(H,25,26,29). The van der Waals surface area contributed by atoms with E-state index in [4.69, 9.17) is 9.47 Å². The summed E-state index contributed by atoms with van der Waals surface area (Å²) in [5.41, 5.74) is 2.38. The Balaban J connectivity index is 1.69. The zero-order valence-electron chi connectivity index (χ0n) is 17.3. The van der Waals surface area contributed by atoms with Gasteiger partial charge in [0.25, 0.3) is 0 Å².